The highest BCUT2D eigenvalue weighted by Gasteiger charge is 1.96. The predicted molar refractivity (Wildman–Crippen MR) is 58.3 cm³/mol. The van der Waals surface area contributed by atoms with Crippen LogP contribution in [0.25, 0.3) is 0 Å². The fraction of sp³-hybridized carbons (Fsp3) is 0.0833. The van der Waals surface area contributed by atoms with Crippen LogP contribution in [0, 0.1) is 11.3 Å². The van der Waals surface area contributed by atoms with Crippen molar-refractivity contribution >= 4 is 11.3 Å². The van der Waals surface area contributed by atoms with Crippen LogP contribution >= 0.6 is 11.3 Å². The summed E-state index contributed by atoms with van der Waals surface area (Å²) in [4.78, 5) is 0. The molecule has 68 valence electrons. The molecule has 0 amide bonds. The van der Waals surface area contributed by atoms with Crippen molar-refractivity contribution in [1.82, 2.24) is 0 Å². The van der Waals surface area contributed by atoms with Crippen LogP contribution < -0.4 is 0 Å². The monoisotopic (exact) mass is 199 g/mol. The number of benzene rings is 1. The molecule has 0 N–H and O–H groups in total. The summed E-state index contributed by atoms with van der Waals surface area (Å²) in [7, 11) is 0. The summed E-state index contributed by atoms with van der Waals surface area (Å²) in [5.41, 5.74) is 3.31. The Labute approximate surface area is 87.3 Å². The Bertz CT molecular complexity index is 434. The third-order valence-corrected chi connectivity index (χ3v) is 2.80. The topological polar surface area (TPSA) is 23.8 Å². The van der Waals surface area contributed by atoms with E-state index in [1.165, 1.54) is 11.1 Å². The molecule has 1 aromatic heterocycles. The van der Waals surface area contributed by atoms with Gasteiger partial charge in [0.15, 0.2) is 0 Å². The van der Waals surface area contributed by atoms with Gasteiger partial charge in [0.1, 0.15) is 0 Å². The zero-order chi connectivity index (χ0) is 9.80. The minimum Gasteiger partial charge on any atom is -0.192 e. The van der Waals surface area contributed by atoms with Gasteiger partial charge in [0.05, 0.1) is 11.6 Å². The summed E-state index contributed by atoms with van der Waals surface area (Å²) in [6.07, 6.45) is 0.954. The number of rotatable bonds is 2. The Morgan fingerprint density at radius 1 is 1.07 bits per heavy atom. The maximum atomic E-state index is 8.64. The van der Waals surface area contributed by atoms with Gasteiger partial charge in [-0.3, -0.25) is 0 Å². The van der Waals surface area contributed by atoms with E-state index < -0.39 is 0 Å². The molecule has 2 heteroatoms. The van der Waals surface area contributed by atoms with Crippen molar-refractivity contribution in [3.05, 3.63) is 57.8 Å². The second-order valence-corrected chi connectivity index (χ2v) is 3.90. The molecule has 0 unspecified atom stereocenters. The minimum atomic E-state index is 0.721. The maximum absolute atomic E-state index is 8.64. The van der Waals surface area contributed by atoms with Crippen LogP contribution in [0.2, 0.25) is 0 Å². The Hall–Kier alpha value is -1.59. The van der Waals surface area contributed by atoms with E-state index in [4.69, 9.17) is 5.26 Å². The molecule has 0 aliphatic heterocycles. The normalized spacial score (nSPS) is 9.64. The van der Waals surface area contributed by atoms with Crippen LogP contribution in [0.15, 0.2) is 41.1 Å². The van der Waals surface area contributed by atoms with Gasteiger partial charge in [0.2, 0.25) is 0 Å². The first kappa shape index (κ1) is 8.98. The summed E-state index contributed by atoms with van der Waals surface area (Å²) in [6.45, 7) is 0. The number of thiophene rings is 1. The molecular formula is C12H9NS. The zero-order valence-electron chi connectivity index (χ0n) is 7.60. The van der Waals surface area contributed by atoms with Crippen molar-refractivity contribution in [1.29, 1.82) is 5.26 Å². The standard InChI is InChI=1S/C12H9NS/c13-8-11-3-1-10(2-4-11)7-12-5-6-14-9-12/h1-6,9H,7H2. The number of hydrogen-bond donors (Lipinski definition) is 0. The smallest absolute Gasteiger partial charge is 0.0991 e. The van der Waals surface area contributed by atoms with Gasteiger partial charge in [-0.1, -0.05) is 12.1 Å². The SMILES string of the molecule is N#Cc1ccc(Cc2ccsc2)cc1. The van der Waals surface area contributed by atoms with Crippen LogP contribution in [0.4, 0.5) is 0 Å². The molecule has 1 aromatic carbocycles. The second kappa shape index (κ2) is 4.08. The van der Waals surface area contributed by atoms with Gasteiger partial charge in [-0.15, -0.1) is 0 Å². The molecule has 0 aliphatic rings. The molecule has 14 heavy (non-hydrogen) atoms. The Balaban J connectivity index is 2.15. The van der Waals surface area contributed by atoms with E-state index >= 15 is 0 Å². The Morgan fingerprint density at radius 2 is 1.86 bits per heavy atom. The second-order valence-electron chi connectivity index (χ2n) is 3.12. The molecule has 0 aliphatic carbocycles. The van der Waals surface area contributed by atoms with Crippen molar-refractivity contribution in [3.8, 4) is 6.07 Å². The molecule has 0 saturated carbocycles. The van der Waals surface area contributed by atoms with E-state index in [1.54, 1.807) is 11.3 Å². The quantitative estimate of drug-likeness (QED) is 0.728. The van der Waals surface area contributed by atoms with Crippen LogP contribution in [0.3, 0.4) is 0 Å². The lowest BCUT2D eigenvalue weighted by Gasteiger charge is -1.98. The molecular weight excluding hydrogens is 190 g/mol. The van der Waals surface area contributed by atoms with E-state index in [9.17, 15) is 0 Å². The lowest BCUT2D eigenvalue weighted by molar-refractivity contribution is 1.21. The molecule has 2 aromatic rings. The van der Waals surface area contributed by atoms with E-state index in [0.29, 0.717) is 0 Å². The first-order valence-corrected chi connectivity index (χ1v) is 5.33. The van der Waals surface area contributed by atoms with Crippen molar-refractivity contribution in [2.75, 3.05) is 0 Å². The van der Waals surface area contributed by atoms with E-state index in [0.717, 1.165) is 12.0 Å². The fourth-order valence-electron chi connectivity index (χ4n) is 1.33. The molecule has 1 heterocycles. The van der Waals surface area contributed by atoms with Gasteiger partial charge in [0, 0.05) is 0 Å². The summed E-state index contributed by atoms with van der Waals surface area (Å²) < 4.78 is 0. The van der Waals surface area contributed by atoms with Gasteiger partial charge in [0.25, 0.3) is 0 Å². The number of nitrogens with zero attached hydrogens (tertiary/aromatic N) is 1. The predicted octanol–water partition coefficient (Wildman–Crippen LogP) is 3.21. The summed E-state index contributed by atoms with van der Waals surface area (Å²) in [6, 6.07) is 12.0. The lowest BCUT2D eigenvalue weighted by Crippen LogP contribution is -1.85. The average Bonchev–Trinajstić information content (AvgIpc) is 2.72. The van der Waals surface area contributed by atoms with Crippen LogP contribution in [0.1, 0.15) is 16.7 Å². The van der Waals surface area contributed by atoms with Crippen LogP contribution in [0.5, 0.6) is 0 Å². The van der Waals surface area contributed by atoms with Gasteiger partial charge >= 0.3 is 0 Å². The first-order valence-electron chi connectivity index (χ1n) is 4.38. The minimum absolute atomic E-state index is 0.721. The highest BCUT2D eigenvalue weighted by Crippen LogP contribution is 2.13. The molecule has 0 spiro atoms. The zero-order valence-corrected chi connectivity index (χ0v) is 8.42. The number of hydrogen-bond acceptors (Lipinski definition) is 2. The Morgan fingerprint density at radius 3 is 2.43 bits per heavy atom. The lowest BCUT2D eigenvalue weighted by atomic mass is 10.1. The van der Waals surface area contributed by atoms with Crippen molar-refractivity contribution in [2.45, 2.75) is 6.42 Å². The highest BCUT2D eigenvalue weighted by atomic mass is 32.1. The third kappa shape index (κ3) is 2.01. The largest absolute Gasteiger partial charge is 0.192 e. The summed E-state index contributed by atoms with van der Waals surface area (Å²) in [5, 5.41) is 12.9. The third-order valence-electron chi connectivity index (χ3n) is 2.07. The molecule has 0 fully saturated rings. The van der Waals surface area contributed by atoms with Crippen molar-refractivity contribution in [3.63, 3.8) is 0 Å². The Kier molecular flexibility index (Phi) is 2.62. The molecule has 0 saturated heterocycles. The average molecular weight is 199 g/mol. The van der Waals surface area contributed by atoms with E-state index in [-0.39, 0.29) is 0 Å². The van der Waals surface area contributed by atoms with Gasteiger partial charge in [-0.05, 0) is 46.5 Å². The molecule has 0 radical (unpaired) electrons. The highest BCUT2D eigenvalue weighted by molar-refractivity contribution is 7.07. The maximum Gasteiger partial charge on any atom is 0.0991 e. The van der Waals surface area contributed by atoms with Gasteiger partial charge in [-0.2, -0.15) is 16.6 Å². The van der Waals surface area contributed by atoms with Crippen LogP contribution in [-0.2, 0) is 6.42 Å². The fourth-order valence-corrected chi connectivity index (χ4v) is 1.99. The first-order chi connectivity index (χ1) is 6.88. The van der Waals surface area contributed by atoms with Crippen LogP contribution in [-0.4, -0.2) is 0 Å². The van der Waals surface area contributed by atoms with Crippen molar-refractivity contribution < 1.29 is 0 Å². The van der Waals surface area contributed by atoms with E-state index in [1.807, 2.05) is 24.3 Å². The molecule has 1 nitrogen and oxygen atoms in total. The summed E-state index contributed by atoms with van der Waals surface area (Å²) >= 11 is 1.71. The van der Waals surface area contributed by atoms with Gasteiger partial charge in [-0.25, -0.2) is 0 Å². The molecule has 0 bridgehead atoms. The van der Waals surface area contributed by atoms with E-state index in [2.05, 4.69) is 22.9 Å². The van der Waals surface area contributed by atoms with Crippen molar-refractivity contribution in [2.24, 2.45) is 0 Å². The molecule has 0 atom stereocenters. The molecule has 2 rings (SSSR count). The van der Waals surface area contributed by atoms with Gasteiger partial charge < -0.3 is 0 Å². The number of nitriles is 1. The summed E-state index contributed by atoms with van der Waals surface area (Å²) in [5.74, 6) is 0.